The highest BCUT2D eigenvalue weighted by atomic mass is 16.6. The maximum Gasteiger partial charge on any atom is 0.407 e. The number of ether oxygens (including phenoxy) is 1. The van der Waals surface area contributed by atoms with Gasteiger partial charge in [-0.1, -0.05) is 6.92 Å². The second kappa shape index (κ2) is 8.86. The van der Waals surface area contributed by atoms with Crippen molar-refractivity contribution in [2.45, 2.75) is 59.0 Å². The highest BCUT2D eigenvalue weighted by Gasteiger charge is 2.17. The first kappa shape index (κ1) is 18.6. The molecular weight excluding hydrogens is 280 g/mol. The zero-order valence-corrected chi connectivity index (χ0v) is 14.5. The van der Waals surface area contributed by atoms with E-state index in [1.807, 2.05) is 20.8 Å². The van der Waals surface area contributed by atoms with Gasteiger partial charge in [0.15, 0.2) is 5.96 Å². The molecule has 1 aliphatic rings. The fourth-order valence-electron chi connectivity index (χ4n) is 2.27. The third-order valence-corrected chi connectivity index (χ3v) is 3.63. The average Bonchev–Trinajstić information content (AvgIpc) is 2.41. The van der Waals surface area contributed by atoms with Crippen molar-refractivity contribution >= 4 is 12.1 Å². The van der Waals surface area contributed by atoms with Crippen LogP contribution in [0.1, 0.15) is 53.4 Å². The number of nitrogens with two attached hydrogens (primary N) is 1. The molecule has 1 heterocycles. The van der Waals surface area contributed by atoms with Crippen LogP contribution in [0.2, 0.25) is 0 Å². The minimum atomic E-state index is -0.450. The second-order valence-corrected chi connectivity index (χ2v) is 7.05. The summed E-state index contributed by atoms with van der Waals surface area (Å²) in [6, 6.07) is 0. The Kier molecular flexibility index (Phi) is 7.48. The highest BCUT2D eigenvalue weighted by Crippen LogP contribution is 2.15. The van der Waals surface area contributed by atoms with E-state index in [1.165, 1.54) is 12.8 Å². The van der Waals surface area contributed by atoms with Crippen LogP contribution < -0.4 is 11.1 Å². The van der Waals surface area contributed by atoms with Gasteiger partial charge in [0.1, 0.15) is 5.60 Å². The Morgan fingerprint density at radius 3 is 2.55 bits per heavy atom. The predicted molar refractivity (Wildman–Crippen MR) is 89.9 cm³/mol. The van der Waals surface area contributed by atoms with Crippen LogP contribution in [0.25, 0.3) is 0 Å². The molecule has 0 aromatic rings. The Bertz CT molecular complexity index is 369. The summed E-state index contributed by atoms with van der Waals surface area (Å²) in [5.41, 5.74) is 5.56. The third kappa shape index (κ3) is 8.10. The smallest absolute Gasteiger partial charge is 0.407 e. The number of nitrogens with one attached hydrogen (secondary N) is 1. The van der Waals surface area contributed by atoms with E-state index in [1.54, 1.807) is 0 Å². The van der Waals surface area contributed by atoms with E-state index < -0.39 is 5.60 Å². The molecule has 1 fully saturated rings. The van der Waals surface area contributed by atoms with Gasteiger partial charge >= 0.3 is 6.09 Å². The van der Waals surface area contributed by atoms with E-state index in [0.717, 1.165) is 31.8 Å². The van der Waals surface area contributed by atoms with E-state index in [-0.39, 0.29) is 6.09 Å². The van der Waals surface area contributed by atoms with Crippen molar-refractivity contribution in [1.82, 2.24) is 10.2 Å². The Balaban J connectivity index is 2.09. The van der Waals surface area contributed by atoms with Gasteiger partial charge < -0.3 is 20.7 Å². The van der Waals surface area contributed by atoms with Gasteiger partial charge in [-0.2, -0.15) is 0 Å². The summed E-state index contributed by atoms with van der Waals surface area (Å²) < 4.78 is 5.17. The van der Waals surface area contributed by atoms with Crippen LogP contribution in [0.5, 0.6) is 0 Å². The minimum absolute atomic E-state index is 0.363. The molecule has 1 amide bonds. The monoisotopic (exact) mass is 312 g/mol. The van der Waals surface area contributed by atoms with Gasteiger partial charge in [-0.25, -0.2) is 4.79 Å². The van der Waals surface area contributed by atoms with Crippen molar-refractivity contribution in [1.29, 1.82) is 0 Å². The van der Waals surface area contributed by atoms with Crippen molar-refractivity contribution < 1.29 is 9.53 Å². The number of likely N-dealkylation sites (tertiary alicyclic amines) is 1. The second-order valence-electron chi connectivity index (χ2n) is 7.05. The van der Waals surface area contributed by atoms with E-state index in [0.29, 0.717) is 19.0 Å². The molecular formula is C16H32N4O2. The largest absolute Gasteiger partial charge is 0.444 e. The Morgan fingerprint density at radius 2 is 1.95 bits per heavy atom. The summed E-state index contributed by atoms with van der Waals surface area (Å²) in [6.07, 6.45) is 3.79. The summed E-state index contributed by atoms with van der Waals surface area (Å²) in [7, 11) is 0. The lowest BCUT2D eigenvalue weighted by Gasteiger charge is -2.31. The summed E-state index contributed by atoms with van der Waals surface area (Å²) in [6.45, 7) is 11.2. The molecule has 0 bridgehead atoms. The summed E-state index contributed by atoms with van der Waals surface area (Å²) in [5.74, 6) is 1.45. The molecule has 1 saturated heterocycles. The maximum absolute atomic E-state index is 11.4. The number of piperidine rings is 1. The number of aliphatic imine (C=N–C) groups is 1. The Morgan fingerprint density at radius 1 is 1.32 bits per heavy atom. The molecule has 0 atom stereocenters. The van der Waals surface area contributed by atoms with E-state index >= 15 is 0 Å². The van der Waals surface area contributed by atoms with Gasteiger partial charge in [0.2, 0.25) is 0 Å². The zero-order chi connectivity index (χ0) is 16.6. The fraction of sp³-hybridized carbons (Fsp3) is 0.875. The van der Waals surface area contributed by atoms with Crippen LogP contribution in [-0.2, 0) is 4.74 Å². The van der Waals surface area contributed by atoms with Gasteiger partial charge in [-0.05, 0) is 52.4 Å². The zero-order valence-electron chi connectivity index (χ0n) is 14.5. The lowest BCUT2D eigenvalue weighted by Crippen LogP contribution is -2.42. The molecule has 6 nitrogen and oxygen atoms in total. The Labute approximate surface area is 134 Å². The quantitative estimate of drug-likeness (QED) is 0.464. The number of carbonyl (C=O) groups is 1. The fourth-order valence-corrected chi connectivity index (χ4v) is 2.27. The molecule has 0 saturated carbocycles. The molecule has 128 valence electrons. The van der Waals surface area contributed by atoms with Crippen LogP contribution in [0, 0.1) is 5.92 Å². The van der Waals surface area contributed by atoms with Gasteiger partial charge in [-0.15, -0.1) is 0 Å². The van der Waals surface area contributed by atoms with Crippen molar-refractivity contribution in [3.05, 3.63) is 0 Å². The number of amides is 1. The van der Waals surface area contributed by atoms with Crippen LogP contribution in [-0.4, -0.2) is 48.7 Å². The number of nitrogens with zero attached hydrogens (tertiary/aromatic N) is 2. The first-order valence-electron chi connectivity index (χ1n) is 8.29. The lowest BCUT2D eigenvalue weighted by atomic mass is 10.00. The van der Waals surface area contributed by atoms with Crippen LogP contribution >= 0.6 is 0 Å². The average molecular weight is 312 g/mol. The lowest BCUT2D eigenvalue weighted by molar-refractivity contribution is 0.0527. The summed E-state index contributed by atoms with van der Waals surface area (Å²) >= 11 is 0. The molecule has 0 spiro atoms. The van der Waals surface area contributed by atoms with Crippen molar-refractivity contribution in [3.8, 4) is 0 Å². The number of guanidine groups is 1. The molecule has 1 aliphatic heterocycles. The molecule has 6 heteroatoms. The number of rotatable bonds is 5. The number of hydrogen-bond donors (Lipinski definition) is 2. The summed E-state index contributed by atoms with van der Waals surface area (Å²) in [4.78, 5) is 18.0. The number of carbonyl (C=O) groups excluding carboxylic acids is 1. The summed E-state index contributed by atoms with van der Waals surface area (Å²) in [5, 5.41) is 2.74. The highest BCUT2D eigenvalue weighted by molar-refractivity contribution is 5.78. The molecule has 0 aromatic carbocycles. The molecule has 0 unspecified atom stereocenters. The molecule has 3 N–H and O–H groups in total. The first-order valence-corrected chi connectivity index (χ1v) is 8.29. The van der Waals surface area contributed by atoms with Crippen LogP contribution in [0.3, 0.4) is 0 Å². The molecule has 1 rings (SSSR count). The van der Waals surface area contributed by atoms with Gasteiger partial charge in [0.25, 0.3) is 0 Å². The third-order valence-electron chi connectivity index (χ3n) is 3.63. The number of hydrogen-bond acceptors (Lipinski definition) is 3. The van der Waals surface area contributed by atoms with E-state index in [9.17, 15) is 4.79 Å². The van der Waals surface area contributed by atoms with Crippen molar-refractivity contribution in [3.63, 3.8) is 0 Å². The predicted octanol–water partition coefficient (Wildman–Crippen LogP) is 2.34. The maximum atomic E-state index is 11.4. The van der Waals surface area contributed by atoms with Gasteiger partial charge in [-0.3, -0.25) is 4.99 Å². The van der Waals surface area contributed by atoms with E-state index in [4.69, 9.17) is 10.5 Å². The number of alkyl carbamates (subject to hydrolysis) is 1. The number of unbranched alkanes of at least 4 members (excludes halogenated alkanes) is 1. The van der Waals surface area contributed by atoms with Gasteiger partial charge in [0, 0.05) is 26.2 Å². The molecule has 0 aliphatic carbocycles. The van der Waals surface area contributed by atoms with Crippen LogP contribution in [0.15, 0.2) is 4.99 Å². The SMILES string of the molecule is CC1CCN(C(N)=NCCCCNC(=O)OC(C)(C)C)CC1. The molecule has 0 radical (unpaired) electrons. The molecule has 0 aromatic heterocycles. The van der Waals surface area contributed by atoms with Crippen LogP contribution in [0.4, 0.5) is 4.79 Å². The van der Waals surface area contributed by atoms with Crippen molar-refractivity contribution in [2.75, 3.05) is 26.2 Å². The Hall–Kier alpha value is -1.46. The minimum Gasteiger partial charge on any atom is -0.444 e. The first-order chi connectivity index (χ1) is 10.3. The topological polar surface area (TPSA) is 80.0 Å². The standard InChI is InChI=1S/C16H32N4O2/c1-13-7-11-20(12-8-13)14(17)18-9-5-6-10-19-15(21)22-16(2,3)4/h13H,5-12H2,1-4H3,(H2,17,18)(H,19,21). The van der Waals surface area contributed by atoms with Gasteiger partial charge in [0.05, 0.1) is 0 Å². The normalized spacial score (nSPS) is 17.5. The van der Waals surface area contributed by atoms with Crippen molar-refractivity contribution in [2.24, 2.45) is 16.6 Å². The van der Waals surface area contributed by atoms with E-state index in [2.05, 4.69) is 22.1 Å². The molecule has 22 heavy (non-hydrogen) atoms.